The van der Waals surface area contributed by atoms with E-state index in [-0.39, 0.29) is 5.97 Å². The second-order valence-corrected chi connectivity index (χ2v) is 3.31. The number of hydrogen-bond acceptors (Lipinski definition) is 3. The van der Waals surface area contributed by atoms with Crippen LogP contribution in [0.25, 0.3) is 10.9 Å². The number of H-pyrrole nitrogens is 1. The standard InChI is InChI=1S/C12H11NO3/c1-2-16-12(15)10-5-3-4-9-8(7-14)6-13-11(9)10/h3-7,13H,2H2,1H3. The highest BCUT2D eigenvalue weighted by Crippen LogP contribution is 2.21. The predicted octanol–water partition coefficient (Wildman–Crippen LogP) is 2.16. The first kappa shape index (κ1) is 10.4. The Labute approximate surface area is 92.2 Å². The molecule has 0 spiro atoms. The van der Waals surface area contributed by atoms with Crippen molar-refractivity contribution in [2.45, 2.75) is 6.92 Å². The first-order valence-electron chi connectivity index (χ1n) is 5.00. The van der Waals surface area contributed by atoms with Crippen LogP contribution in [-0.2, 0) is 4.74 Å². The molecule has 0 aliphatic rings. The van der Waals surface area contributed by atoms with Crippen LogP contribution in [0.5, 0.6) is 0 Å². The molecule has 4 nitrogen and oxygen atoms in total. The predicted molar refractivity (Wildman–Crippen MR) is 59.6 cm³/mol. The number of rotatable bonds is 3. The lowest BCUT2D eigenvalue weighted by Gasteiger charge is -2.02. The molecule has 82 valence electrons. The van der Waals surface area contributed by atoms with Crippen LogP contribution in [-0.4, -0.2) is 23.8 Å². The molecule has 1 aromatic heterocycles. The van der Waals surface area contributed by atoms with Crippen LogP contribution in [0.4, 0.5) is 0 Å². The first-order chi connectivity index (χ1) is 7.77. The first-order valence-corrected chi connectivity index (χ1v) is 5.00. The van der Waals surface area contributed by atoms with E-state index in [0.29, 0.717) is 23.3 Å². The summed E-state index contributed by atoms with van der Waals surface area (Å²) in [6.07, 6.45) is 2.34. The van der Waals surface area contributed by atoms with Gasteiger partial charge in [-0.05, 0) is 13.0 Å². The Hall–Kier alpha value is -2.10. The molecule has 2 aromatic rings. The molecule has 0 aliphatic carbocycles. The van der Waals surface area contributed by atoms with Gasteiger partial charge >= 0.3 is 5.97 Å². The second-order valence-electron chi connectivity index (χ2n) is 3.31. The Kier molecular flexibility index (Phi) is 2.72. The van der Waals surface area contributed by atoms with Crippen LogP contribution in [0.1, 0.15) is 27.6 Å². The number of aromatic nitrogens is 1. The fourth-order valence-electron chi connectivity index (χ4n) is 1.65. The van der Waals surface area contributed by atoms with E-state index >= 15 is 0 Å². The third-order valence-electron chi connectivity index (χ3n) is 2.37. The maximum absolute atomic E-state index is 11.6. The van der Waals surface area contributed by atoms with E-state index in [1.54, 1.807) is 31.3 Å². The van der Waals surface area contributed by atoms with Crippen molar-refractivity contribution >= 4 is 23.2 Å². The van der Waals surface area contributed by atoms with Gasteiger partial charge in [0.05, 0.1) is 17.7 Å². The lowest BCUT2D eigenvalue weighted by molar-refractivity contribution is 0.0528. The van der Waals surface area contributed by atoms with Gasteiger partial charge in [0.25, 0.3) is 0 Å². The number of benzene rings is 1. The van der Waals surface area contributed by atoms with Crippen molar-refractivity contribution in [1.29, 1.82) is 0 Å². The van der Waals surface area contributed by atoms with Gasteiger partial charge in [0.2, 0.25) is 0 Å². The van der Waals surface area contributed by atoms with E-state index in [1.807, 2.05) is 0 Å². The summed E-state index contributed by atoms with van der Waals surface area (Å²) >= 11 is 0. The zero-order chi connectivity index (χ0) is 11.5. The summed E-state index contributed by atoms with van der Waals surface area (Å²) in [7, 11) is 0. The Bertz CT molecular complexity index is 542. The normalized spacial score (nSPS) is 10.3. The summed E-state index contributed by atoms with van der Waals surface area (Å²) in [5, 5.41) is 0.737. The maximum Gasteiger partial charge on any atom is 0.340 e. The van der Waals surface area contributed by atoms with Gasteiger partial charge in [0, 0.05) is 17.1 Å². The highest BCUT2D eigenvalue weighted by molar-refractivity contribution is 6.07. The number of esters is 1. The molecule has 1 aromatic carbocycles. The SMILES string of the molecule is CCOC(=O)c1cccc2c(C=O)c[nH]c12. The van der Waals surface area contributed by atoms with Crippen LogP contribution >= 0.6 is 0 Å². The van der Waals surface area contributed by atoms with Crippen LogP contribution in [0.2, 0.25) is 0 Å². The molecule has 2 rings (SSSR count). The molecule has 4 heteroatoms. The van der Waals surface area contributed by atoms with Gasteiger partial charge in [-0.15, -0.1) is 0 Å². The van der Waals surface area contributed by atoms with Gasteiger partial charge in [0.15, 0.2) is 6.29 Å². The van der Waals surface area contributed by atoms with Crippen molar-refractivity contribution in [1.82, 2.24) is 4.98 Å². The molecule has 1 heterocycles. The van der Waals surface area contributed by atoms with Crippen molar-refractivity contribution in [2.24, 2.45) is 0 Å². The number of hydrogen-bond donors (Lipinski definition) is 1. The van der Waals surface area contributed by atoms with Crippen molar-refractivity contribution in [3.05, 3.63) is 35.5 Å². The number of carbonyl (C=O) groups is 2. The number of aromatic amines is 1. The summed E-state index contributed by atoms with van der Waals surface area (Å²) in [6, 6.07) is 5.19. The summed E-state index contributed by atoms with van der Waals surface area (Å²) in [6.45, 7) is 2.08. The number of nitrogens with one attached hydrogen (secondary N) is 1. The molecule has 0 amide bonds. The summed E-state index contributed by atoms with van der Waals surface area (Å²) < 4.78 is 4.93. The smallest absolute Gasteiger partial charge is 0.340 e. The van der Waals surface area contributed by atoms with Gasteiger partial charge in [-0.25, -0.2) is 4.79 Å². The highest BCUT2D eigenvalue weighted by Gasteiger charge is 2.13. The monoisotopic (exact) mass is 217 g/mol. The molecule has 0 saturated carbocycles. The summed E-state index contributed by atoms with van der Waals surface area (Å²) in [4.78, 5) is 25.3. The molecule has 0 unspecified atom stereocenters. The fourth-order valence-corrected chi connectivity index (χ4v) is 1.65. The van der Waals surface area contributed by atoms with Gasteiger partial charge in [-0.2, -0.15) is 0 Å². The average Bonchev–Trinajstić information content (AvgIpc) is 2.71. The molecule has 0 atom stereocenters. The lowest BCUT2D eigenvalue weighted by Crippen LogP contribution is -2.05. The zero-order valence-corrected chi connectivity index (χ0v) is 8.82. The molecule has 16 heavy (non-hydrogen) atoms. The molecule has 0 saturated heterocycles. The van der Waals surface area contributed by atoms with E-state index in [1.165, 1.54) is 0 Å². The number of para-hydroxylation sites is 1. The van der Waals surface area contributed by atoms with Gasteiger partial charge < -0.3 is 9.72 Å². The number of fused-ring (bicyclic) bond motifs is 1. The number of ether oxygens (including phenoxy) is 1. The van der Waals surface area contributed by atoms with Crippen molar-refractivity contribution in [3.8, 4) is 0 Å². The Morgan fingerprint density at radius 3 is 3.00 bits per heavy atom. The van der Waals surface area contributed by atoms with E-state index < -0.39 is 0 Å². The number of aldehydes is 1. The quantitative estimate of drug-likeness (QED) is 0.633. The van der Waals surface area contributed by atoms with Crippen LogP contribution < -0.4 is 0 Å². The van der Waals surface area contributed by atoms with E-state index in [9.17, 15) is 9.59 Å². The zero-order valence-electron chi connectivity index (χ0n) is 8.82. The van der Waals surface area contributed by atoms with Crippen LogP contribution in [0.15, 0.2) is 24.4 Å². The summed E-state index contributed by atoms with van der Waals surface area (Å²) in [5.41, 5.74) is 1.64. The Balaban J connectivity index is 2.58. The minimum absolute atomic E-state index is 0.330. The van der Waals surface area contributed by atoms with Gasteiger partial charge in [-0.1, -0.05) is 12.1 Å². The minimum Gasteiger partial charge on any atom is -0.462 e. The minimum atomic E-state index is -0.382. The third kappa shape index (κ3) is 1.58. The summed E-state index contributed by atoms with van der Waals surface area (Å²) in [5.74, 6) is -0.382. The molecule has 0 bridgehead atoms. The van der Waals surface area contributed by atoms with Crippen molar-refractivity contribution < 1.29 is 14.3 Å². The largest absolute Gasteiger partial charge is 0.462 e. The average molecular weight is 217 g/mol. The molecule has 0 radical (unpaired) electrons. The lowest BCUT2D eigenvalue weighted by atomic mass is 10.1. The molecule has 1 N–H and O–H groups in total. The molecule has 0 aliphatic heterocycles. The maximum atomic E-state index is 11.6. The van der Waals surface area contributed by atoms with E-state index in [2.05, 4.69) is 4.98 Å². The topological polar surface area (TPSA) is 59.2 Å². The number of carbonyl (C=O) groups excluding carboxylic acids is 2. The van der Waals surface area contributed by atoms with Crippen molar-refractivity contribution in [3.63, 3.8) is 0 Å². The molecular weight excluding hydrogens is 206 g/mol. The van der Waals surface area contributed by atoms with Gasteiger partial charge in [0.1, 0.15) is 0 Å². The Morgan fingerprint density at radius 2 is 2.31 bits per heavy atom. The highest BCUT2D eigenvalue weighted by atomic mass is 16.5. The van der Waals surface area contributed by atoms with Crippen molar-refractivity contribution in [2.75, 3.05) is 6.61 Å². The van der Waals surface area contributed by atoms with Crippen LogP contribution in [0.3, 0.4) is 0 Å². The van der Waals surface area contributed by atoms with E-state index in [0.717, 1.165) is 11.7 Å². The molecular formula is C12H11NO3. The Morgan fingerprint density at radius 1 is 1.50 bits per heavy atom. The second kappa shape index (κ2) is 4.18. The third-order valence-corrected chi connectivity index (χ3v) is 2.37. The molecule has 0 fully saturated rings. The fraction of sp³-hybridized carbons (Fsp3) is 0.167. The van der Waals surface area contributed by atoms with Crippen LogP contribution in [0, 0.1) is 0 Å². The van der Waals surface area contributed by atoms with E-state index in [4.69, 9.17) is 4.74 Å². The van der Waals surface area contributed by atoms with Gasteiger partial charge in [-0.3, -0.25) is 4.79 Å².